The molecule has 1 aromatic carbocycles. The third-order valence-corrected chi connectivity index (χ3v) is 5.30. The summed E-state index contributed by atoms with van der Waals surface area (Å²) < 4.78 is 0. The Morgan fingerprint density at radius 3 is 2.91 bits per heavy atom. The lowest BCUT2D eigenvalue weighted by molar-refractivity contribution is -0.128. The molecule has 2 aromatic rings. The molecule has 4 rings (SSSR count). The molecule has 1 saturated heterocycles. The van der Waals surface area contributed by atoms with Gasteiger partial charge in [0.05, 0.1) is 6.04 Å². The molecule has 2 aliphatic heterocycles. The maximum atomic E-state index is 12.7. The maximum Gasteiger partial charge on any atom is 0.251 e. The second kappa shape index (κ2) is 4.81. The molecule has 2 atom stereocenters. The summed E-state index contributed by atoms with van der Waals surface area (Å²) in [5, 5.41) is 1.92. The van der Waals surface area contributed by atoms with Crippen molar-refractivity contribution in [1.82, 2.24) is 14.8 Å². The van der Waals surface area contributed by atoms with Crippen LogP contribution < -0.4 is 0 Å². The summed E-state index contributed by atoms with van der Waals surface area (Å²) in [6.45, 7) is 4.92. The van der Waals surface area contributed by atoms with Crippen molar-refractivity contribution >= 4 is 34.1 Å². The highest BCUT2D eigenvalue weighted by molar-refractivity contribution is 7.80. The van der Waals surface area contributed by atoms with Crippen LogP contribution in [0.25, 0.3) is 10.9 Å². The van der Waals surface area contributed by atoms with Gasteiger partial charge in [-0.15, -0.1) is 0 Å². The average molecular weight is 313 g/mol. The van der Waals surface area contributed by atoms with Crippen molar-refractivity contribution in [2.24, 2.45) is 0 Å². The number of benzene rings is 1. The third kappa shape index (κ3) is 1.69. The number of hydrogen-bond donors (Lipinski definition) is 1. The molecule has 5 heteroatoms. The second-order valence-corrected chi connectivity index (χ2v) is 6.50. The Kier molecular flexibility index (Phi) is 3.01. The number of carbonyl (C=O) groups is 1. The molecule has 0 saturated carbocycles. The van der Waals surface area contributed by atoms with Gasteiger partial charge in [0.25, 0.3) is 5.91 Å². The summed E-state index contributed by atoms with van der Waals surface area (Å²) in [5.41, 5.74) is 3.62. The topological polar surface area (TPSA) is 39.3 Å². The highest BCUT2D eigenvalue weighted by atomic mass is 32.1. The van der Waals surface area contributed by atoms with E-state index in [1.807, 2.05) is 6.07 Å². The van der Waals surface area contributed by atoms with Crippen LogP contribution in [0.15, 0.2) is 24.3 Å². The number of nitrogens with one attached hydrogen (secondary N) is 1. The normalized spacial score (nSPS) is 24.1. The van der Waals surface area contributed by atoms with Crippen molar-refractivity contribution in [1.29, 1.82) is 0 Å². The molecule has 22 heavy (non-hydrogen) atoms. The van der Waals surface area contributed by atoms with Gasteiger partial charge in [-0.3, -0.25) is 9.69 Å². The molecule has 1 amide bonds. The van der Waals surface area contributed by atoms with E-state index in [0.717, 1.165) is 18.4 Å². The SMILES string of the molecule is CCCN1C(=O)[C@@H]2Cc3c([nH]c4ccccc34)[C@H](C)N2C1=S. The molecular weight excluding hydrogens is 294 g/mol. The van der Waals surface area contributed by atoms with Crippen molar-refractivity contribution in [2.45, 2.75) is 38.8 Å². The van der Waals surface area contributed by atoms with Gasteiger partial charge in [0.2, 0.25) is 0 Å². The molecule has 0 spiro atoms. The molecule has 0 unspecified atom stereocenters. The minimum Gasteiger partial charge on any atom is -0.356 e. The number of thiocarbonyl (C=S) groups is 1. The van der Waals surface area contributed by atoms with Crippen molar-refractivity contribution in [2.75, 3.05) is 6.54 Å². The molecule has 0 radical (unpaired) electrons. The predicted molar refractivity (Wildman–Crippen MR) is 90.6 cm³/mol. The molecule has 3 heterocycles. The average Bonchev–Trinajstić information content (AvgIpc) is 3.00. The van der Waals surface area contributed by atoms with Crippen LogP contribution in [0.5, 0.6) is 0 Å². The molecule has 0 bridgehead atoms. The van der Waals surface area contributed by atoms with Gasteiger partial charge in [0, 0.05) is 29.6 Å². The van der Waals surface area contributed by atoms with E-state index in [4.69, 9.17) is 12.2 Å². The van der Waals surface area contributed by atoms with Crippen molar-refractivity contribution in [3.63, 3.8) is 0 Å². The zero-order valence-electron chi connectivity index (χ0n) is 12.8. The van der Waals surface area contributed by atoms with E-state index >= 15 is 0 Å². The first-order valence-electron chi connectivity index (χ1n) is 7.86. The zero-order valence-corrected chi connectivity index (χ0v) is 13.6. The standard InChI is InChI=1S/C17H19N3OS/c1-3-8-19-16(21)14-9-12-11-6-4-5-7-13(11)18-15(12)10(2)20(14)17(19)22/h4-7,10,14,18H,3,8-9H2,1-2H3/t10-,14-/m0/s1. The monoisotopic (exact) mass is 313 g/mol. The summed E-state index contributed by atoms with van der Waals surface area (Å²) >= 11 is 5.58. The van der Waals surface area contributed by atoms with E-state index in [9.17, 15) is 4.79 Å². The quantitative estimate of drug-likeness (QED) is 0.866. The Balaban J connectivity index is 1.82. The summed E-state index contributed by atoms with van der Waals surface area (Å²) in [6, 6.07) is 8.29. The highest BCUT2D eigenvalue weighted by Crippen LogP contribution is 2.40. The van der Waals surface area contributed by atoms with E-state index in [1.54, 1.807) is 4.90 Å². The van der Waals surface area contributed by atoms with Crippen LogP contribution in [-0.4, -0.2) is 38.4 Å². The summed E-state index contributed by atoms with van der Waals surface area (Å²) in [4.78, 5) is 20.2. The van der Waals surface area contributed by atoms with Gasteiger partial charge < -0.3 is 9.88 Å². The number of fused-ring (bicyclic) bond motifs is 4. The highest BCUT2D eigenvalue weighted by Gasteiger charge is 2.48. The molecule has 114 valence electrons. The van der Waals surface area contributed by atoms with Gasteiger partial charge in [-0.05, 0) is 37.2 Å². The molecular formula is C17H19N3OS. The largest absolute Gasteiger partial charge is 0.356 e. The van der Waals surface area contributed by atoms with Crippen LogP contribution in [0.1, 0.15) is 37.6 Å². The second-order valence-electron chi connectivity index (χ2n) is 6.14. The molecule has 0 aliphatic carbocycles. The fraction of sp³-hybridized carbons (Fsp3) is 0.412. The Bertz CT molecular complexity index is 781. The van der Waals surface area contributed by atoms with Crippen molar-refractivity contribution < 1.29 is 4.79 Å². The Hall–Kier alpha value is -1.88. The summed E-state index contributed by atoms with van der Waals surface area (Å²) in [5.74, 6) is 0.162. The van der Waals surface area contributed by atoms with Crippen LogP contribution >= 0.6 is 12.2 Å². The maximum absolute atomic E-state index is 12.7. The number of para-hydroxylation sites is 1. The fourth-order valence-electron chi connectivity index (χ4n) is 3.85. The Morgan fingerprint density at radius 2 is 2.14 bits per heavy atom. The Morgan fingerprint density at radius 1 is 1.36 bits per heavy atom. The van der Waals surface area contributed by atoms with E-state index in [2.05, 4.69) is 41.9 Å². The fourth-order valence-corrected chi connectivity index (χ4v) is 4.31. The van der Waals surface area contributed by atoms with Gasteiger partial charge in [-0.25, -0.2) is 0 Å². The Labute approximate surface area is 135 Å². The molecule has 1 aromatic heterocycles. The summed E-state index contributed by atoms with van der Waals surface area (Å²) in [7, 11) is 0. The van der Waals surface area contributed by atoms with E-state index in [1.165, 1.54) is 16.6 Å². The first-order valence-corrected chi connectivity index (χ1v) is 8.27. The number of nitrogens with zero attached hydrogens (tertiary/aromatic N) is 2. The number of carbonyl (C=O) groups excluding carboxylic acids is 1. The van der Waals surface area contributed by atoms with Gasteiger partial charge >= 0.3 is 0 Å². The van der Waals surface area contributed by atoms with Crippen LogP contribution in [0.3, 0.4) is 0 Å². The third-order valence-electron chi connectivity index (χ3n) is 4.87. The minimum absolute atomic E-state index is 0.111. The van der Waals surface area contributed by atoms with E-state index < -0.39 is 0 Å². The van der Waals surface area contributed by atoms with Gasteiger partial charge in [0.15, 0.2) is 5.11 Å². The van der Waals surface area contributed by atoms with Gasteiger partial charge in [0.1, 0.15) is 6.04 Å². The lowest BCUT2D eigenvalue weighted by Crippen LogP contribution is -2.42. The van der Waals surface area contributed by atoms with Crippen LogP contribution in [-0.2, 0) is 11.2 Å². The molecule has 1 N–H and O–H groups in total. The van der Waals surface area contributed by atoms with Crippen LogP contribution in [0.2, 0.25) is 0 Å². The van der Waals surface area contributed by atoms with Crippen LogP contribution in [0, 0.1) is 0 Å². The van der Waals surface area contributed by atoms with E-state index in [0.29, 0.717) is 11.7 Å². The molecule has 1 fully saturated rings. The molecule has 2 aliphatic rings. The van der Waals surface area contributed by atoms with Gasteiger partial charge in [-0.2, -0.15) is 0 Å². The van der Waals surface area contributed by atoms with E-state index in [-0.39, 0.29) is 18.0 Å². The number of amides is 1. The first kappa shape index (κ1) is 13.8. The van der Waals surface area contributed by atoms with Crippen LogP contribution in [0.4, 0.5) is 0 Å². The number of rotatable bonds is 2. The summed E-state index contributed by atoms with van der Waals surface area (Å²) in [6.07, 6.45) is 1.66. The minimum atomic E-state index is -0.138. The smallest absolute Gasteiger partial charge is 0.251 e. The number of aromatic nitrogens is 1. The van der Waals surface area contributed by atoms with Crippen molar-refractivity contribution in [3.8, 4) is 0 Å². The number of hydrogen-bond acceptors (Lipinski definition) is 2. The van der Waals surface area contributed by atoms with Crippen molar-refractivity contribution in [3.05, 3.63) is 35.5 Å². The first-order chi connectivity index (χ1) is 10.6. The predicted octanol–water partition coefficient (Wildman–Crippen LogP) is 2.99. The number of aromatic amines is 1. The van der Waals surface area contributed by atoms with Gasteiger partial charge in [-0.1, -0.05) is 25.1 Å². The zero-order chi connectivity index (χ0) is 15.4. The number of H-pyrrole nitrogens is 1. The molecule has 4 nitrogen and oxygen atoms in total. The lowest BCUT2D eigenvalue weighted by Gasteiger charge is -2.35. The lowest BCUT2D eigenvalue weighted by atomic mass is 9.93.